The number of rotatable bonds is 5. The van der Waals surface area contributed by atoms with E-state index in [1.54, 1.807) is 0 Å². The largest absolute Gasteiger partial charge is 0.361 e. The van der Waals surface area contributed by atoms with Crippen molar-refractivity contribution in [2.45, 2.75) is 33.2 Å². The quantitative estimate of drug-likeness (QED) is 0.289. The van der Waals surface area contributed by atoms with Gasteiger partial charge in [0.2, 0.25) is 0 Å². The maximum absolute atomic E-state index is 5.33. The summed E-state index contributed by atoms with van der Waals surface area (Å²) in [4.78, 5) is 9.43. The lowest BCUT2D eigenvalue weighted by Gasteiger charge is -2.37. The van der Waals surface area contributed by atoms with E-state index in [0.717, 1.165) is 56.7 Å². The fraction of sp³-hybridized carbons (Fsp3) is 0.440. The summed E-state index contributed by atoms with van der Waals surface area (Å²) in [7, 11) is 1.87. The first kappa shape index (κ1) is 24.5. The highest BCUT2D eigenvalue weighted by Crippen LogP contribution is 2.23. The molecule has 0 aliphatic carbocycles. The highest BCUT2D eigenvalue weighted by molar-refractivity contribution is 14.0. The molecule has 6 nitrogen and oxygen atoms in total. The highest BCUT2D eigenvalue weighted by Gasteiger charge is 2.22. The van der Waals surface area contributed by atoms with Crippen LogP contribution in [0.15, 0.2) is 52.0 Å². The summed E-state index contributed by atoms with van der Waals surface area (Å²) in [6.07, 6.45) is 0. The summed E-state index contributed by atoms with van der Waals surface area (Å²) in [5.74, 6) is 2.20. The molecule has 4 rings (SSSR count). The molecule has 1 aliphatic rings. The van der Waals surface area contributed by atoms with E-state index >= 15 is 0 Å². The molecule has 32 heavy (non-hydrogen) atoms. The molecule has 2 heterocycles. The normalized spacial score (nSPS) is 16.1. The molecule has 1 unspecified atom stereocenters. The van der Waals surface area contributed by atoms with Crippen LogP contribution < -0.4 is 5.32 Å². The van der Waals surface area contributed by atoms with Crippen molar-refractivity contribution in [1.29, 1.82) is 0 Å². The fourth-order valence-corrected chi connectivity index (χ4v) is 4.66. The van der Waals surface area contributed by atoms with Gasteiger partial charge in [-0.15, -0.1) is 24.0 Å². The molecule has 0 radical (unpaired) electrons. The van der Waals surface area contributed by atoms with E-state index in [1.165, 1.54) is 21.9 Å². The van der Waals surface area contributed by atoms with Gasteiger partial charge in [0.25, 0.3) is 0 Å². The van der Waals surface area contributed by atoms with Gasteiger partial charge in [0.05, 0.1) is 5.69 Å². The van der Waals surface area contributed by atoms with E-state index in [-0.39, 0.29) is 24.0 Å². The molecule has 1 N–H and O–H groups in total. The molecule has 1 fully saturated rings. The van der Waals surface area contributed by atoms with Crippen LogP contribution >= 0.6 is 24.0 Å². The molecule has 0 bridgehead atoms. The Balaban J connectivity index is 0.00000289. The summed E-state index contributed by atoms with van der Waals surface area (Å²) < 4.78 is 5.33. The minimum atomic E-state index is 0. The Morgan fingerprint density at radius 2 is 1.81 bits per heavy atom. The van der Waals surface area contributed by atoms with Crippen LogP contribution in [-0.2, 0) is 6.54 Å². The van der Waals surface area contributed by atoms with E-state index in [9.17, 15) is 0 Å². The number of aliphatic imine (C=N–C) groups is 1. The zero-order chi connectivity index (χ0) is 21.8. The number of benzene rings is 2. The average Bonchev–Trinajstić information content (AvgIpc) is 3.13. The van der Waals surface area contributed by atoms with Gasteiger partial charge in [-0.3, -0.25) is 9.89 Å². The Labute approximate surface area is 208 Å². The van der Waals surface area contributed by atoms with Crippen LogP contribution in [0.1, 0.15) is 35.4 Å². The molecule has 0 amide bonds. The van der Waals surface area contributed by atoms with Gasteiger partial charge in [0.1, 0.15) is 5.76 Å². The number of halogens is 1. The second-order valence-corrected chi connectivity index (χ2v) is 8.47. The highest BCUT2D eigenvalue weighted by atomic mass is 127. The van der Waals surface area contributed by atoms with Crippen molar-refractivity contribution >= 4 is 40.7 Å². The van der Waals surface area contributed by atoms with Gasteiger partial charge >= 0.3 is 0 Å². The predicted molar refractivity (Wildman–Crippen MR) is 142 cm³/mol. The van der Waals surface area contributed by atoms with Gasteiger partial charge in [0.15, 0.2) is 5.96 Å². The fourth-order valence-electron chi connectivity index (χ4n) is 4.66. The van der Waals surface area contributed by atoms with Crippen LogP contribution in [0.25, 0.3) is 10.8 Å². The Morgan fingerprint density at radius 3 is 2.50 bits per heavy atom. The van der Waals surface area contributed by atoms with Crippen LogP contribution in [0.3, 0.4) is 0 Å². The van der Waals surface area contributed by atoms with E-state index < -0.39 is 0 Å². The van der Waals surface area contributed by atoms with E-state index in [0.29, 0.717) is 5.92 Å². The Kier molecular flexibility index (Phi) is 8.53. The summed E-state index contributed by atoms with van der Waals surface area (Å²) in [5, 5.41) is 10.3. The van der Waals surface area contributed by atoms with Crippen LogP contribution in [0.2, 0.25) is 0 Å². The Bertz CT molecular complexity index is 1030. The first-order chi connectivity index (χ1) is 15.1. The van der Waals surface area contributed by atoms with Gasteiger partial charge < -0.3 is 14.7 Å². The van der Waals surface area contributed by atoms with Crippen molar-refractivity contribution in [3.05, 3.63) is 65.0 Å². The zero-order valence-electron chi connectivity index (χ0n) is 19.5. The van der Waals surface area contributed by atoms with Crippen molar-refractivity contribution in [3.8, 4) is 0 Å². The van der Waals surface area contributed by atoms with Gasteiger partial charge in [-0.1, -0.05) is 54.5 Å². The molecule has 0 spiro atoms. The molecule has 1 saturated heterocycles. The molecular weight excluding hydrogens is 513 g/mol. The monoisotopic (exact) mass is 547 g/mol. The number of aromatic nitrogens is 1. The number of nitrogens with one attached hydrogen (secondary N) is 1. The standard InChI is InChI=1S/C25H33N5O.HI/c1-18(24-19(2)28-31-20(24)3)16-27-25(26-4)30-14-12-29(13-15-30)17-22-10-7-9-21-8-5-6-11-23(21)22;/h5-11,18H,12-17H2,1-4H3,(H,26,27);1H. The third kappa shape index (κ3) is 5.43. The van der Waals surface area contributed by atoms with Crippen LogP contribution in [0.4, 0.5) is 0 Å². The Hall–Kier alpha value is -2.13. The molecular formula is C25H34IN5O. The predicted octanol–water partition coefficient (Wildman–Crippen LogP) is 4.56. The van der Waals surface area contributed by atoms with Crippen molar-refractivity contribution in [3.63, 3.8) is 0 Å². The third-order valence-corrected chi connectivity index (χ3v) is 6.31. The lowest BCUT2D eigenvalue weighted by molar-refractivity contribution is 0.173. The number of piperazine rings is 1. The van der Waals surface area contributed by atoms with Gasteiger partial charge in [-0.2, -0.15) is 0 Å². The van der Waals surface area contributed by atoms with E-state index in [4.69, 9.17) is 4.52 Å². The number of aryl methyl sites for hydroxylation is 2. The second kappa shape index (κ2) is 11.1. The van der Waals surface area contributed by atoms with E-state index in [1.807, 2.05) is 20.9 Å². The topological polar surface area (TPSA) is 56.9 Å². The molecule has 2 aromatic carbocycles. The maximum Gasteiger partial charge on any atom is 0.193 e. The smallest absolute Gasteiger partial charge is 0.193 e. The third-order valence-electron chi connectivity index (χ3n) is 6.31. The number of hydrogen-bond acceptors (Lipinski definition) is 4. The molecule has 1 atom stereocenters. The van der Waals surface area contributed by atoms with Gasteiger partial charge in [-0.25, -0.2) is 0 Å². The van der Waals surface area contributed by atoms with Gasteiger partial charge in [0, 0.05) is 57.8 Å². The molecule has 0 saturated carbocycles. The summed E-state index contributed by atoms with van der Waals surface area (Å²) >= 11 is 0. The summed E-state index contributed by atoms with van der Waals surface area (Å²) in [6.45, 7) is 12.0. The number of nitrogens with zero attached hydrogens (tertiary/aromatic N) is 4. The number of hydrogen-bond donors (Lipinski definition) is 1. The van der Waals surface area contributed by atoms with Crippen molar-refractivity contribution in [1.82, 2.24) is 20.3 Å². The summed E-state index contributed by atoms with van der Waals surface area (Å²) in [6, 6.07) is 15.3. The molecule has 1 aromatic heterocycles. The second-order valence-electron chi connectivity index (χ2n) is 8.47. The number of guanidine groups is 1. The van der Waals surface area contributed by atoms with E-state index in [2.05, 4.69) is 74.7 Å². The molecule has 7 heteroatoms. The lowest BCUT2D eigenvalue weighted by atomic mass is 10.00. The van der Waals surface area contributed by atoms with Crippen LogP contribution in [0, 0.1) is 13.8 Å². The molecule has 3 aromatic rings. The first-order valence-electron chi connectivity index (χ1n) is 11.1. The van der Waals surface area contributed by atoms with Crippen molar-refractivity contribution < 1.29 is 4.52 Å². The average molecular weight is 547 g/mol. The van der Waals surface area contributed by atoms with Crippen LogP contribution in [-0.4, -0.2) is 60.7 Å². The van der Waals surface area contributed by atoms with Crippen LogP contribution in [0.5, 0.6) is 0 Å². The minimum Gasteiger partial charge on any atom is -0.361 e. The lowest BCUT2D eigenvalue weighted by Crippen LogP contribution is -2.52. The first-order valence-corrected chi connectivity index (χ1v) is 11.1. The molecule has 172 valence electrons. The zero-order valence-corrected chi connectivity index (χ0v) is 21.8. The minimum absolute atomic E-state index is 0. The van der Waals surface area contributed by atoms with Crippen molar-refractivity contribution in [2.24, 2.45) is 4.99 Å². The maximum atomic E-state index is 5.33. The SMILES string of the molecule is CN=C(NCC(C)c1c(C)noc1C)N1CCN(Cc2cccc3ccccc23)CC1.I. The van der Waals surface area contributed by atoms with Gasteiger partial charge in [-0.05, 0) is 30.2 Å². The summed E-state index contributed by atoms with van der Waals surface area (Å²) in [5.41, 5.74) is 3.58. The number of fused-ring (bicyclic) bond motifs is 1. The molecule has 1 aliphatic heterocycles. The van der Waals surface area contributed by atoms with Crippen molar-refractivity contribution in [2.75, 3.05) is 39.8 Å². The Morgan fingerprint density at radius 1 is 1.09 bits per heavy atom.